The van der Waals surface area contributed by atoms with E-state index < -0.39 is 0 Å². The zero-order valence-electron chi connectivity index (χ0n) is 16.6. The van der Waals surface area contributed by atoms with E-state index >= 15 is 0 Å². The minimum absolute atomic E-state index is 0.337. The highest BCUT2D eigenvalue weighted by molar-refractivity contribution is 6.45. The number of ether oxygens (including phenoxy) is 3. The van der Waals surface area contributed by atoms with E-state index in [1.54, 1.807) is 6.07 Å². The lowest BCUT2D eigenvalue weighted by Gasteiger charge is -2.38. The van der Waals surface area contributed by atoms with Gasteiger partial charge in [0.2, 0.25) is 0 Å². The molecule has 3 aromatic carbocycles. The number of benzene rings is 3. The molecule has 2 fully saturated rings. The van der Waals surface area contributed by atoms with Crippen LogP contribution >= 0.6 is 23.2 Å². The predicted octanol–water partition coefficient (Wildman–Crippen LogP) is 6.07. The van der Waals surface area contributed by atoms with E-state index in [0.717, 1.165) is 48.0 Å². The molecule has 0 saturated carbocycles. The minimum Gasteiger partial charge on any atom is -0.488 e. The maximum atomic E-state index is 6.34. The van der Waals surface area contributed by atoms with Crippen LogP contribution < -0.4 is 9.64 Å². The molecule has 4 nitrogen and oxygen atoms in total. The molecule has 2 saturated heterocycles. The lowest BCUT2D eigenvalue weighted by Crippen LogP contribution is -2.45. The fraction of sp³-hybridized carbons (Fsp3) is 0.333. The van der Waals surface area contributed by atoms with Crippen LogP contribution in [0.4, 0.5) is 5.69 Å². The van der Waals surface area contributed by atoms with Crippen molar-refractivity contribution >= 4 is 39.7 Å². The number of rotatable bonds is 4. The van der Waals surface area contributed by atoms with Crippen LogP contribution in [0.25, 0.3) is 10.8 Å². The normalized spacial score (nSPS) is 18.3. The summed E-state index contributed by atoms with van der Waals surface area (Å²) in [7, 11) is 0. The molecule has 2 aliphatic heterocycles. The largest absolute Gasteiger partial charge is 0.488 e. The van der Waals surface area contributed by atoms with E-state index in [1.165, 1.54) is 5.69 Å². The maximum absolute atomic E-state index is 6.34. The van der Waals surface area contributed by atoms with E-state index in [4.69, 9.17) is 37.4 Å². The maximum Gasteiger partial charge on any atom is 0.171 e. The summed E-state index contributed by atoms with van der Waals surface area (Å²) >= 11 is 12.5. The fourth-order valence-electron chi connectivity index (χ4n) is 4.25. The molecular formula is C24H23Cl2NO3. The van der Waals surface area contributed by atoms with Gasteiger partial charge in [-0.25, -0.2) is 0 Å². The Morgan fingerprint density at radius 2 is 1.60 bits per heavy atom. The van der Waals surface area contributed by atoms with Crippen molar-refractivity contribution in [3.05, 3.63) is 70.2 Å². The van der Waals surface area contributed by atoms with Crippen LogP contribution in [0.3, 0.4) is 0 Å². The molecule has 0 N–H and O–H groups in total. The zero-order chi connectivity index (χ0) is 20.6. The first-order valence-corrected chi connectivity index (χ1v) is 11.0. The molecule has 0 atom stereocenters. The highest BCUT2D eigenvalue weighted by atomic mass is 35.5. The van der Waals surface area contributed by atoms with Gasteiger partial charge < -0.3 is 19.1 Å². The number of fused-ring (bicyclic) bond motifs is 1. The lowest BCUT2D eigenvalue weighted by molar-refractivity contribution is -0.169. The first-order chi connectivity index (χ1) is 14.6. The Bertz CT molecular complexity index is 1040. The summed E-state index contributed by atoms with van der Waals surface area (Å²) in [4.78, 5) is 2.39. The fourth-order valence-corrected chi connectivity index (χ4v) is 4.64. The Labute approximate surface area is 186 Å². The van der Waals surface area contributed by atoms with Gasteiger partial charge in [0.1, 0.15) is 12.4 Å². The highest BCUT2D eigenvalue weighted by Gasteiger charge is 2.39. The third-order valence-electron chi connectivity index (χ3n) is 5.94. The number of halogens is 2. The molecule has 2 heterocycles. The van der Waals surface area contributed by atoms with Crippen molar-refractivity contribution in [3.8, 4) is 5.75 Å². The number of hydrogen-bond donors (Lipinski definition) is 0. The quantitative estimate of drug-likeness (QED) is 0.489. The SMILES string of the molecule is Clc1ccc2c(OCc3ccc(N4CCC5(CC4)OCCO5)cc3)cccc2c1Cl. The van der Waals surface area contributed by atoms with Crippen LogP contribution in [0, 0.1) is 0 Å². The Morgan fingerprint density at radius 3 is 2.33 bits per heavy atom. The highest BCUT2D eigenvalue weighted by Crippen LogP contribution is 2.36. The molecule has 0 aromatic heterocycles. The van der Waals surface area contributed by atoms with Crippen LogP contribution in [0.5, 0.6) is 5.75 Å². The van der Waals surface area contributed by atoms with E-state index in [-0.39, 0.29) is 5.79 Å². The van der Waals surface area contributed by atoms with Crippen molar-refractivity contribution < 1.29 is 14.2 Å². The van der Waals surface area contributed by atoms with Crippen molar-refractivity contribution in [2.45, 2.75) is 25.2 Å². The van der Waals surface area contributed by atoms with Crippen molar-refractivity contribution in [3.63, 3.8) is 0 Å². The van der Waals surface area contributed by atoms with Crippen LogP contribution in [-0.2, 0) is 16.1 Å². The molecule has 0 amide bonds. The third kappa shape index (κ3) is 3.85. The van der Waals surface area contributed by atoms with Gasteiger partial charge in [-0.15, -0.1) is 0 Å². The first kappa shape index (κ1) is 20.0. The summed E-state index contributed by atoms with van der Waals surface area (Å²) < 4.78 is 17.7. The number of hydrogen-bond acceptors (Lipinski definition) is 4. The molecule has 0 bridgehead atoms. The second-order valence-electron chi connectivity index (χ2n) is 7.76. The average molecular weight is 444 g/mol. The molecule has 0 aliphatic carbocycles. The van der Waals surface area contributed by atoms with Crippen LogP contribution in [-0.4, -0.2) is 32.1 Å². The Hall–Kier alpha value is -1.98. The first-order valence-electron chi connectivity index (χ1n) is 10.2. The van der Waals surface area contributed by atoms with Gasteiger partial charge in [-0.05, 0) is 35.9 Å². The van der Waals surface area contributed by atoms with Crippen LogP contribution in [0.15, 0.2) is 54.6 Å². The zero-order valence-corrected chi connectivity index (χ0v) is 18.1. The number of nitrogens with zero attached hydrogens (tertiary/aromatic N) is 1. The molecule has 6 heteroatoms. The van der Waals surface area contributed by atoms with E-state index in [1.807, 2.05) is 24.3 Å². The monoisotopic (exact) mass is 443 g/mol. The van der Waals surface area contributed by atoms with Gasteiger partial charge in [0.05, 0.1) is 23.3 Å². The second kappa shape index (κ2) is 8.27. The Balaban J connectivity index is 1.24. The molecular weight excluding hydrogens is 421 g/mol. The summed E-state index contributed by atoms with van der Waals surface area (Å²) in [5.41, 5.74) is 2.34. The van der Waals surface area contributed by atoms with Gasteiger partial charge in [0.15, 0.2) is 5.79 Å². The lowest BCUT2D eigenvalue weighted by atomic mass is 10.0. The Kier molecular flexibility index (Phi) is 5.50. The van der Waals surface area contributed by atoms with E-state index in [2.05, 4.69) is 29.2 Å². The molecule has 2 aliphatic rings. The van der Waals surface area contributed by atoms with Crippen molar-refractivity contribution in [1.82, 2.24) is 0 Å². The van der Waals surface area contributed by atoms with Gasteiger partial charge in [-0.3, -0.25) is 0 Å². The molecule has 0 unspecified atom stereocenters. The van der Waals surface area contributed by atoms with Crippen molar-refractivity contribution in [1.29, 1.82) is 0 Å². The molecule has 30 heavy (non-hydrogen) atoms. The molecule has 3 aromatic rings. The second-order valence-corrected chi connectivity index (χ2v) is 8.55. The number of anilines is 1. The Morgan fingerprint density at radius 1 is 0.867 bits per heavy atom. The summed E-state index contributed by atoms with van der Waals surface area (Å²) in [5.74, 6) is 0.462. The summed E-state index contributed by atoms with van der Waals surface area (Å²) in [6.45, 7) is 3.80. The van der Waals surface area contributed by atoms with E-state index in [9.17, 15) is 0 Å². The summed E-state index contributed by atoms with van der Waals surface area (Å²) in [6, 6.07) is 18.2. The predicted molar refractivity (Wildman–Crippen MR) is 121 cm³/mol. The van der Waals surface area contributed by atoms with E-state index in [0.29, 0.717) is 29.9 Å². The topological polar surface area (TPSA) is 30.9 Å². The molecule has 5 rings (SSSR count). The summed E-state index contributed by atoms with van der Waals surface area (Å²) in [5, 5.41) is 2.96. The number of piperidine rings is 1. The van der Waals surface area contributed by atoms with Crippen LogP contribution in [0.2, 0.25) is 10.0 Å². The minimum atomic E-state index is -0.337. The average Bonchev–Trinajstić information content (AvgIpc) is 3.24. The third-order valence-corrected chi connectivity index (χ3v) is 6.76. The molecule has 156 valence electrons. The molecule has 0 radical (unpaired) electrons. The van der Waals surface area contributed by atoms with Gasteiger partial charge in [0, 0.05) is 42.4 Å². The van der Waals surface area contributed by atoms with Gasteiger partial charge in [-0.1, -0.05) is 47.5 Å². The molecule has 1 spiro atoms. The van der Waals surface area contributed by atoms with Gasteiger partial charge >= 0.3 is 0 Å². The van der Waals surface area contributed by atoms with Gasteiger partial charge in [-0.2, -0.15) is 0 Å². The van der Waals surface area contributed by atoms with Crippen molar-refractivity contribution in [2.75, 3.05) is 31.2 Å². The standard InChI is InChI=1S/C24H23Cl2NO3/c25-21-9-8-19-20(23(21)26)2-1-3-22(19)28-16-17-4-6-18(7-5-17)27-12-10-24(11-13-27)29-14-15-30-24/h1-9H,10-16H2. The van der Waals surface area contributed by atoms with Crippen molar-refractivity contribution in [2.24, 2.45) is 0 Å². The smallest absolute Gasteiger partial charge is 0.171 e. The van der Waals surface area contributed by atoms with Gasteiger partial charge in [0.25, 0.3) is 0 Å². The summed E-state index contributed by atoms with van der Waals surface area (Å²) in [6.07, 6.45) is 1.82. The van der Waals surface area contributed by atoms with Crippen LogP contribution in [0.1, 0.15) is 18.4 Å².